The van der Waals surface area contributed by atoms with E-state index in [1.54, 1.807) is 6.20 Å². The van der Waals surface area contributed by atoms with Crippen molar-refractivity contribution in [1.29, 1.82) is 0 Å². The summed E-state index contributed by atoms with van der Waals surface area (Å²) in [7, 11) is 0. The highest BCUT2D eigenvalue weighted by atomic mass is 15.3. The van der Waals surface area contributed by atoms with Gasteiger partial charge in [-0.15, -0.1) is 0 Å². The van der Waals surface area contributed by atoms with E-state index in [1.165, 1.54) is 11.3 Å². The van der Waals surface area contributed by atoms with Crippen molar-refractivity contribution in [2.75, 3.05) is 0 Å². The lowest BCUT2D eigenvalue weighted by molar-refractivity contribution is 0.523. The summed E-state index contributed by atoms with van der Waals surface area (Å²) in [4.78, 5) is 9.06. The summed E-state index contributed by atoms with van der Waals surface area (Å²) in [6.07, 6.45) is 6.64. The molecule has 5 heteroatoms. The molecule has 0 radical (unpaired) electrons. The van der Waals surface area contributed by atoms with Crippen molar-refractivity contribution in [2.24, 2.45) is 0 Å². The topological polar surface area (TPSA) is 48.5 Å². The zero-order valence-corrected chi connectivity index (χ0v) is 16.6. The monoisotopic (exact) mass is 371 g/mol. The van der Waals surface area contributed by atoms with Gasteiger partial charge >= 0.3 is 0 Å². The Morgan fingerprint density at radius 3 is 2.39 bits per heavy atom. The van der Waals surface area contributed by atoms with Crippen LogP contribution in [0.1, 0.15) is 23.9 Å². The van der Waals surface area contributed by atoms with Crippen molar-refractivity contribution in [3.05, 3.63) is 78.1 Å². The minimum atomic E-state index is 0.801. The van der Waals surface area contributed by atoms with Crippen molar-refractivity contribution in [3.63, 3.8) is 0 Å². The van der Waals surface area contributed by atoms with Crippen LogP contribution in [0.15, 0.2) is 61.2 Å². The van der Waals surface area contributed by atoms with Gasteiger partial charge in [-0.25, -0.2) is 4.98 Å². The maximum atomic E-state index is 4.74. The first-order valence-electron chi connectivity index (χ1n) is 9.73. The Hall–Kier alpha value is -3.21. The number of rotatable bonds is 6. The first-order valence-corrected chi connectivity index (χ1v) is 9.73. The number of hydrogen-bond acceptors (Lipinski definition) is 3. The summed E-state index contributed by atoms with van der Waals surface area (Å²) in [5.74, 6) is 0. The van der Waals surface area contributed by atoms with E-state index >= 15 is 0 Å². The van der Waals surface area contributed by atoms with E-state index in [2.05, 4.69) is 53.2 Å². The van der Waals surface area contributed by atoms with Crippen LogP contribution in [0.3, 0.4) is 0 Å². The molecular weight excluding hydrogens is 346 g/mol. The number of aromatic nitrogens is 5. The largest absolute Gasteiger partial charge is 0.328 e. The van der Waals surface area contributed by atoms with Crippen LogP contribution < -0.4 is 0 Å². The Kier molecular flexibility index (Phi) is 5.06. The van der Waals surface area contributed by atoms with Gasteiger partial charge in [0.15, 0.2) is 0 Å². The molecular formula is C23H25N5. The van der Waals surface area contributed by atoms with Crippen LogP contribution in [-0.2, 0) is 19.5 Å². The fraction of sp³-hybridized carbons (Fsp3) is 0.261. The minimum Gasteiger partial charge on any atom is -0.328 e. The van der Waals surface area contributed by atoms with Crippen molar-refractivity contribution in [2.45, 2.75) is 40.3 Å². The van der Waals surface area contributed by atoms with Crippen LogP contribution in [0.25, 0.3) is 22.5 Å². The maximum absolute atomic E-state index is 4.74. The summed E-state index contributed by atoms with van der Waals surface area (Å²) in [5, 5.41) is 4.73. The fourth-order valence-corrected chi connectivity index (χ4v) is 3.83. The molecule has 0 aliphatic carbocycles. The third-order valence-corrected chi connectivity index (χ3v) is 5.26. The first-order chi connectivity index (χ1) is 13.7. The van der Waals surface area contributed by atoms with Gasteiger partial charge in [0.25, 0.3) is 0 Å². The summed E-state index contributed by atoms with van der Waals surface area (Å²) in [5.41, 5.74) is 7.99. The van der Waals surface area contributed by atoms with E-state index in [-0.39, 0.29) is 0 Å². The van der Waals surface area contributed by atoms with Crippen LogP contribution in [0.2, 0.25) is 0 Å². The molecule has 1 aromatic carbocycles. The number of hydrogen-bond donors (Lipinski definition) is 0. The third kappa shape index (κ3) is 3.36. The van der Waals surface area contributed by atoms with Gasteiger partial charge in [-0.1, -0.05) is 37.3 Å². The molecule has 0 unspecified atom stereocenters. The SMILES string of the molecule is CCc1c(C)nn(CCn2cnc(-c3ccccc3)c2-c2cccnc2)c1C. The van der Waals surface area contributed by atoms with Gasteiger partial charge in [0, 0.05) is 35.8 Å². The van der Waals surface area contributed by atoms with Gasteiger partial charge < -0.3 is 4.57 Å². The second kappa shape index (κ2) is 7.80. The Labute approximate surface area is 165 Å². The Bertz CT molecular complexity index is 1060. The number of pyridine rings is 1. The van der Waals surface area contributed by atoms with E-state index in [0.29, 0.717) is 0 Å². The maximum Gasteiger partial charge on any atom is 0.0963 e. The first kappa shape index (κ1) is 18.2. The molecule has 0 N–H and O–H groups in total. The molecule has 3 heterocycles. The fourth-order valence-electron chi connectivity index (χ4n) is 3.83. The summed E-state index contributed by atoms with van der Waals surface area (Å²) in [6.45, 7) is 8.04. The smallest absolute Gasteiger partial charge is 0.0963 e. The van der Waals surface area contributed by atoms with Crippen LogP contribution in [0, 0.1) is 13.8 Å². The zero-order chi connectivity index (χ0) is 19.5. The lowest BCUT2D eigenvalue weighted by Gasteiger charge is -2.11. The highest BCUT2D eigenvalue weighted by Crippen LogP contribution is 2.30. The summed E-state index contributed by atoms with van der Waals surface area (Å²) >= 11 is 0. The predicted octanol–water partition coefficient (Wildman–Crippen LogP) is 4.69. The van der Waals surface area contributed by atoms with Crippen molar-refractivity contribution >= 4 is 0 Å². The number of benzene rings is 1. The molecule has 0 atom stereocenters. The molecule has 4 aromatic rings. The van der Waals surface area contributed by atoms with Gasteiger partial charge in [0.1, 0.15) is 0 Å². The van der Waals surface area contributed by atoms with Crippen LogP contribution >= 0.6 is 0 Å². The highest BCUT2D eigenvalue weighted by Gasteiger charge is 2.16. The van der Waals surface area contributed by atoms with Crippen LogP contribution in [0.4, 0.5) is 0 Å². The second-order valence-corrected chi connectivity index (χ2v) is 6.97. The molecule has 0 spiro atoms. The van der Waals surface area contributed by atoms with Gasteiger partial charge in [-0.3, -0.25) is 9.67 Å². The zero-order valence-electron chi connectivity index (χ0n) is 16.6. The molecule has 0 aliphatic rings. The van der Waals surface area contributed by atoms with E-state index < -0.39 is 0 Å². The standard InChI is InChI=1S/C23H25N5/c1-4-21-17(2)26-28(18(21)3)14-13-27-16-25-22(19-9-6-5-7-10-19)23(27)20-11-8-12-24-15-20/h5-12,15-16H,4,13-14H2,1-3H3. The van der Waals surface area contributed by atoms with E-state index in [1.807, 2.05) is 36.8 Å². The Morgan fingerprint density at radius 2 is 1.71 bits per heavy atom. The molecule has 0 saturated heterocycles. The van der Waals surface area contributed by atoms with Gasteiger partial charge in [-0.05, 0) is 38.0 Å². The van der Waals surface area contributed by atoms with Crippen LogP contribution in [0.5, 0.6) is 0 Å². The van der Waals surface area contributed by atoms with E-state index in [4.69, 9.17) is 10.1 Å². The Balaban J connectivity index is 1.71. The van der Waals surface area contributed by atoms with Crippen molar-refractivity contribution in [3.8, 4) is 22.5 Å². The Morgan fingerprint density at radius 1 is 0.929 bits per heavy atom. The molecule has 0 bridgehead atoms. The number of nitrogens with zero attached hydrogens (tertiary/aromatic N) is 5. The van der Waals surface area contributed by atoms with Gasteiger partial charge in [0.05, 0.1) is 30.0 Å². The van der Waals surface area contributed by atoms with Gasteiger partial charge in [0.2, 0.25) is 0 Å². The normalized spacial score (nSPS) is 11.1. The lowest BCUT2D eigenvalue weighted by atomic mass is 10.1. The molecule has 142 valence electrons. The van der Waals surface area contributed by atoms with E-state index in [0.717, 1.165) is 47.7 Å². The molecule has 0 amide bonds. The highest BCUT2D eigenvalue weighted by molar-refractivity contribution is 5.78. The number of imidazole rings is 1. The molecule has 0 fully saturated rings. The number of aryl methyl sites for hydroxylation is 3. The minimum absolute atomic E-state index is 0.801. The third-order valence-electron chi connectivity index (χ3n) is 5.26. The second-order valence-electron chi connectivity index (χ2n) is 6.97. The van der Waals surface area contributed by atoms with Crippen molar-refractivity contribution in [1.82, 2.24) is 24.3 Å². The van der Waals surface area contributed by atoms with E-state index in [9.17, 15) is 0 Å². The molecule has 0 aliphatic heterocycles. The van der Waals surface area contributed by atoms with Gasteiger partial charge in [-0.2, -0.15) is 5.10 Å². The van der Waals surface area contributed by atoms with Crippen LogP contribution in [-0.4, -0.2) is 24.3 Å². The summed E-state index contributed by atoms with van der Waals surface area (Å²) in [6, 6.07) is 14.4. The van der Waals surface area contributed by atoms with Crippen molar-refractivity contribution < 1.29 is 0 Å². The summed E-state index contributed by atoms with van der Waals surface area (Å²) < 4.78 is 4.32. The molecule has 4 rings (SSSR count). The lowest BCUT2D eigenvalue weighted by Crippen LogP contribution is -2.10. The predicted molar refractivity (Wildman–Crippen MR) is 112 cm³/mol. The molecule has 0 saturated carbocycles. The quantitative estimate of drug-likeness (QED) is 0.494. The molecule has 28 heavy (non-hydrogen) atoms. The average molecular weight is 371 g/mol. The average Bonchev–Trinajstić information content (AvgIpc) is 3.28. The molecule has 3 aromatic heterocycles. The molecule has 5 nitrogen and oxygen atoms in total.